The third-order valence-electron chi connectivity index (χ3n) is 27.1. The van der Waals surface area contributed by atoms with E-state index in [1.807, 2.05) is 0 Å². The molecule has 8 heteroatoms. The van der Waals surface area contributed by atoms with Crippen LogP contribution in [-0.2, 0) is 0 Å². The number of fused-ring (bicyclic) bond motifs is 19. The van der Waals surface area contributed by atoms with Gasteiger partial charge in [-0.15, -0.1) is 0 Å². The predicted molar refractivity (Wildman–Crippen MR) is 544 cm³/mol. The minimum absolute atomic E-state index is 0.654. The van der Waals surface area contributed by atoms with Gasteiger partial charge in [0.15, 0.2) is 5.82 Å². The van der Waals surface area contributed by atoms with Crippen molar-refractivity contribution in [1.29, 1.82) is 0 Å². The van der Waals surface area contributed by atoms with Gasteiger partial charge in [-0.2, -0.15) is 0 Å². The second-order valence-corrected chi connectivity index (χ2v) is 34.4. The fourth-order valence-electron chi connectivity index (χ4n) is 21.1. The van der Waals surface area contributed by atoms with E-state index < -0.39 is 0 Å². The molecule has 0 unspecified atom stereocenters. The van der Waals surface area contributed by atoms with Crippen molar-refractivity contribution in [2.75, 3.05) is 0 Å². The number of rotatable bonds is 13. The van der Waals surface area contributed by atoms with Crippen LogP contribution in [-0.4, -0.2) is 37.4 Å². The van der Waals surface area contributed by atoms with Gasteiger partial charge in [-0.05, 0) is 262 Å². The lowest BCUT2D eigenvalue weighted by molar-refractivity contribution is 1.16. The fraction of sp³-hybridized carbons (Fsp3) is 0. The molecule has 0 aliphatic heterocycles. The summed E-state index contributed by atoms with van der Waals surface area (Å²) in [6.07, 6.45) is 0. The van der Waals surface area contributed by atoms with E-state index in [0.717, 1.165) is 139 Å². The molecule has 0 bridgehead atoms. The molecule has 0 fully saturated rings. The van der Waals surface area contributed by atoms with Crippen LogP contribution in [0.2, 0.25) is 0 Å². The van der Waals surface area contributed by atoms with E-state index >= 15 is 0 Å². The molecule has 8 nitrogen and oxygen atoms in total. The number of hydrogen-bond donors (Lipinski definition) is 0. The Morgan fingerprint density at radius 3 is 0.669 bits per heavy atom. The van der Waals surface area contributed by atoms with Crippen molar-refractivity contribution in [3.8, 4) is 113 Å². The van der Waals surface area contributed by atoms with Gasteiger partial charge in [-0.25, -0.2) is 9.97 Å². The Morgan fingerprint density at radius 1 is 0.123 bits per heavy atom. The third-order valence-corrected chi connectivity index (χ3v) is 27.1. The first-order valence-corrected chi connectivity index (χ1v) is 44.6. The molecule has 7 aromatic heterocycles. The molecule has 130 heavy (non-hydrogen) atoms. The highest BCUT2D eigenvalue weighted by Gasteiger charge is 2.25. The van der Waals surface area contributed by atoms with Gasteiger partial charge in [0.1, 0.15) is 0 Å². The zero-order valence-electron chi connectivity index (χ0n) is 70.5. The van der Waals surface area contributed by atoms with Crippen LogP contribution in [0.1, 0.15) is 0 Å². The molecule has 0 saturated heterocycles. The van der Waals surface area contributed by atoms with Crippen LogP contribution in [0.5, 0.6) is 0 Å². The summed E-state index contributed by atoms with van der Waals surface area (Å²) in [5, 5.41) is 16.7. The summed E-state index contributed by atoms with van der Waals surface area (Å²) in [7, 11) is 0. The minimum atomic E-state index is 0.654. The average molecular weight is 1650 g/mol. The lowest BCUT2D eigenvalue weighted by Crippen LogP contribution is -1.98. The largest absolute Gasteiger partial charge is 0.309 e. The molecular formula is C122H76N8. The Kier molecular flexibility index (Phi) is 16.3. The van der Waals surface area contributed by atoms with Gasteiger partial charge in [0.25, 0.3) is 0 Å². The highest BCUT2D eigenvalue weighted by molar-refractivity contribution is 6.18. The quantitative estimate of drug-likeness (QED) is 0.116. The summed E-state index contributed by atoms with van der Waals surface area (Å²) in [5.74, 6) is 0.654. The summed E-state index contributed by atoms with van der Waals surface area (Å²) < 4.78 is 14.5. The van der Waals surface area contributed by atoms with E-state index in [1.54, 1.807) is 0 Å². The number of aromatic nitrogens is 8. The van der Waals surface area contributed by atoms with Crippen molar-refractivity contribution in [2.45, 2.75) is 0 Å². The average Bonchev–Trinajstić information content (AvgIpc) is 1.59. The van der Waals surface area contributed by atoms with Crippen molar-refractivity contribution in [2.24, 2.45) is 0 Å². The number of hydrogen-bond acceptors (Lipinski definition) is 2. The van der Waals surface area contributed by atoms with Gasteiger partial charge in [-0.1, -0.05) is 255 Å². The smallest absolute Gasteiger partial charge is 0.160 e. The molecule has 27 rings (SSSR count). The second kappa shape index (κ2) is 29.1. The molecule has 0 saturated carbocycles. The molecule has 0 atom stereocenters. The van der Waals surface area contributed by atoms with Crippen LogP contribution >= 0.6 is 0 Å². The van der Waals surface area contributed by atoms with Crippen molar-refractivity contribution in [1.82, 2.24) is 37.4 Å². The van der Waals surface area contributed by atoms with Crippen LogP contribution in [0.15, 0.2) is 461 Å². The lowest BCUT2D eigenvalue weighted by atomic mass is 9.98. The molecular weight excluding hydrogens is 1580 g/mol. The molecule has 20 aromatic carbocycles. The monoisotopic (exact) mass is 1650 g/mol. The van der Waals surface area contributed by atoms with Crippen LogP contribution in [0.25, 0.3) is 254 Å². The van der Waals surface area contributed by atoms with E-state index in [2.05, 4.69) is 488 Å². The van der Waals surface area contributed by atoms with E-state index in [9.17, 15) is 0 Å². The molecule has 27 aromatic rings. The van der Waals surface area contributed by atoms with E-state index in [0.29, 0.717) is 5.82 Å². The SMILES string of the molecule is c1ccc(-c2nc(-c3cccc(-n4c5ccc(-c6ccc7c(c6)c6ccccc6n7-c6ccccc6)cc5c5cc(-c6ccc7c(c6)c6ccccc6n7-c6ccccc6)ccc54)c3)cc(-c3ccc4cc(-n5c6ccc(-c7ccc8c(c7)c7ccccc7n8-c7ccccc7)cc6c6cc(-c7ccc8c(c7)c7ccccc7n8-c7ccccc7)ccc65)ccc4c3)n2)cc1. The second-order valence-electron chi connectivity index (χ2n) is 34.4. The molecule has 0 N–H and O–H groups in total. The van der Waals surface area contributed by atoms with Gasteiger partial charge in [-0.3, -0.25) is 0 Å². The Bertz CT molecular complexity index is 8920. The van der Waals surface area contributed by atoms with E-state index in [-0.39, 0.29) is 0 Å². The Morgan fingerprint density at radius 2 is 0.346 bits per heavy atom. The fourth-order valence-corrected chi connectivity index (χ4v) is 21.1. The number of benzene rings is 20. The zero-order chi connectivity index (χ0) is 85.2. The van der Waals surface area contributed by atoms with E-state index in [4.69, 9.17) is 9.97 Å². The molecule has 0 aliphatic rings. The summed E-state index contributed by atoms with van der Waals surface area (Å²) >= 11 is 0. The van der Waals surface area contributed by atoms with Gasteiger partial charge in [0.05, 0.1) is 77.6 Å². The highest BCUT2D eigenvalue weighted by Crippen LogP contribution is 2.47. The van der Waals surface area contributed by atoms with Crippen molar-refractivity contribution in [3.05, 3.63) is 461 Å². The Labute approximate surface area is 747 Å². The van der Waals surface area contributed by atoms with Crippen LogP contribution < -0.4 is 0 Å². The molecule has 0 aliphatic carbocycles. The number of para-hydroxylation sites is 8. The van der Waals surface area contributed by atoms with Crippen LogP contribution in [0, 0.1) is 0 Å². The van der Waals surface area contributed by atoms with Crippen molar-refractivity contribution in [3.63, 3.8) is 0 Å². The Balaban J connectivity index is 0.579. The highest BCUT2D eigenvalue weighted by atomic mass is 15.0. The van der Waals surface area contributed by atoms with Gasteiger partial charge in [0.2, 0.25) is 0 Å². The standard InChI is InChI=1S/C122H76N8/c1-6-25-77(26-7-1)122-123-108(88-27-24-36-94(67-88)129-118-61-52-84(80-48-57-114-100(68-80)96-37-16-20-41-110(96)125(114)90-28-8-2-9-29-90)72-104(118)105-73-85(53-62-119(105)129)81-49-58-115-101(69-81)97-38-17-21-42-111(97)126(115)91-30-10-3-11-31-91)76-109(124-122)89-46-45-79-66-95(56-47-78(79)65-89)130-120-63-54-86(82-50-59-116-102(70-82)98-39-18-22-43-112(98)127(116)92-32-12-4-13-33-92)74-106(120)107-75-87(55-64-121(107)130)83-51-60-117-103(71-83)99-40-19-23-44-113(99)128(117)93-34-14-5-15-35-93/h1-76H. The van der Waals surface area contributed by atoms with Crippen LogP contribution in [0.4, 0.5) is 0 Å². The molecule has 0 amide bonds. The summed E-state index contributed by atoms with van der Waals surface area (Å²) in [6.45, 7) is 0. The third kappa shape index (κ3) is 11.6. The molecule has 0 radical (unpaired) electrons. The Hall–Kier alpha value is -17.5. The lowest BCUT2D eigenvalue weighted by Gasteiger charge is -2.13. The normalized spacial score (nSPS) is 12.0. The first-order chi connectivity index (χ1) is 64.4. The van der Waals surface area contributed by atoms with Gasteiger partial charge < -0.3 is 27.4 Å². The maximum absolute atomic E-state index is 5.49. The van der Waals surface area contributed by atoms with Gasteiger partial charge >= 0.3 is 0 Å². The zero-order valence-corrected chi connectivity index (χ0v) is 70.5. The summed E-state index contributed by atoms with van der Waals surface area (Å²) in [4.78, 5) is 11.0. The molecule has 604 valence electrons. The van der Waals surface area contributed by atoms with Crippen LogP contribution in [0.3, 0.4) is 0 Å². The topological polar surface area (TPSA) is 55.4 Å². The first kappa shape index (κ1) is 72.9. The molecule has 0 spiro atoms. The van der Waals surface area contributed by atoms with E-state index in [1.165, 1.54) is 109 Å². The minimum Gasteiger partial charge on any atom is -0.309 e. The summed E-state index contributed by atoms with van der Waals surface area (Å²) in [6, 6.07) is 169. The maximum atomic E-state index is 5.49. The predicted octanol–water partition coefficient (Wildman–Crippen LogP) is 31.9. The van der Waals surface area contributed by atoms with Crippen molar-refractivity contribution < 1.29 is 0 Å². The summed E-state index contributed by atoms with van der Waals surface area (Å²) in [5.41, 5.74) is 34.4. The maximum Gasteiger partial charge on any atom is 0.160 e. The van der Waals surface area contributed by atoms with Gasteiger partial charge in [0, 0.05) is 115 Å². The number of nitrogens with zero attached hydrogens (tertiary/aromatic N) is 8. The molecule has 7 heterocycles. The first-order valence-electron chi connectivity index (χ1n) is 44.6. The van der Waals surface area contributed by atoms with Crippen molar-refractivity contribution >= 4 is 142 Å².